The summed E-state index contributed by atoms with van der Waals surface area (Å²) in [5, 5.41) is 4.39. The normalized spacial score (nSPS) is 16.4. The lowest BCUT2D eigenvalue weighted by atomic mass is 10.1. The van der Waals surface area contributed by atoms with Crippen LogP contribution in [0, 0.1) is 0 Å². The molecule has 1 fully saturated rings. The van der Waals surface area contributed by atoms with Gasteiger partial charge in [0.1, 0.15) is 0 Å². The molecule has 1 aromatic heterocycles. The molecule has 0 aliphatic carbocycles. The Morgan fingerprint density at radius 2 is 2.00 bits per heavy atom. The highest BCUT2D eigenvalue weighted by atomic mass is 35.5. The molecule has 0 bridgehead atoms. The molecule has 17 heavy (non-hydrogen) atoms. The molecule has 2 heterocycles. The van der Waals surface area contributed by atoms with E-state index in [9.17, 15) is 0 Å². The number of hydrogen-bond acceptors (Lipinski definition) is 1. The van der Waals surface area contributed by atoms with Crippen molar-refractivity contribution >= 4 is 28.2 Å². The summed E-state index contributed by atoms with van der Waals surface area (Å²) in [5.74, 6) is 0. The predicted octanol–water partition coefficient (Wildman–Crippen LogP) is 0.691. The first kappa shape index (κ1) is 10.8. The van der Waals surface area contributed by atoms with Gasteiger partial charge < -0.3 is 10.2 Å². The van der Waals surface area contributed by atoms with E-state index in [0.717, 1.165) is 23.6 Å². The molecule has 1 aliphatic heterocycles. The molecule has 0 atom stereocenters. The molecule has 0 amide bonds. The van der Waals surface area contributed by atoms with Crippen molar-refractivity contribution in [3.8, 4) is 0 Å². The maximum atomic E-state index is 6.02. The second-order valence-electron chi connectivity index (χ2n) is 4.41. The molecule has 3 nitrogen and oxygen atoms in total. The monoisotopic (exact) mass is 249 g/mol. The molecule has 0 unspecified atom stereocenters. The standard InChI is InChI=1S/C13H14ClN3/c14-10-1-2-11-12(9-10)16-4-3-13(11)17-7-5-15-6-8-17/h1-4,9,15H,5-8H2/p+2. The van der Waals surface area contributed by atoms with Crippen molar-refractivity contribution in [2.45, 2.75) is 0 Å². The average Bonchev–Trinajstić information content (AvgIpc) is 2.39. The summed E-state index contributed by atoms with van der Waals surface area (Å²) in [7, 11) is 0. The molecule has 88 valence electrons. The predicted molar refractivity (Wildman–Crippen MR) is 69.4 cm³/mol. The summed E-state index contributed by atoms with van der Waals surface area (Å²) >= 11 is 6.02. The maximum Gasteiger partial charge on any atom is 0.214 e. The van der Waals surface area contributed by atoms with Gasteiger partial charge in [-0.15, -0.1) is 0 Å². The number of nitrogens with one attached hydrogen (secondary N) is 1. The maximum absolute atomic E-state index is 6.02. The molecule has 3 rings (SSSR count). The molecule has 4 heteroatoms. The summed E-state index contributed by atoms with van der Waals surface area (Å²) in [6.45, 7) is 4.57. The van der Waals surface area contributed by atoms with Crippen LogP contribution in [0.2, 0.25) is 5.02 Å². The third-order valence-electron chi connectivity index (χ3n) is 3.28. The van der Waals surface area contributed by atoms with Gasteiger partial charge in [-0.05, 0) is 12.1 Å². The number of pyridine rings is 1. The van der Waals surface area contributed by atoms with E-state index < -0.39 is 0 Å². The second-order valence-corrected chi connectivity index (χ2v) is 4.84. The molecule has 1 saturated heterocycles. The van der Waals surface area contributed by atoms with E-state index >= 15 is 0 Å². The minimum absolute atomic E-state index is 0.776. The number of benzene rings is 1. The summed E-state index contributed by atoms with van der Waals surface area (Å²) in [5.41, 5.74) is 2.41. The van der Waals surface area contributed by atoms with Gasteiger partial charge in [0.25, 0.3) is 0 Å². The number of rotatable bonds is 1. The number of hydrogen-bond donors (Lipinski definition) is 1. The Morgan fingerprint density at radius 3 is 2.82 bits per heavy atom. The molecular weight excluding hydrogens is 234 g/mol. The number of aromatic nitrogens is 1. The number of fused-ring (bicyclic) bond motifs is 1. The van der Waals surface area contributed by atoms with Gasteiger partial charge in [0, 0.05) is 17.2 Å². The Hall–Kier alpha value is -1.32. The fourth-order valence-corrected chi connectivity index (χ4v) is 2.60. The highest BCUT2D eigenvalue weighted by Gasteiger charge is 2.17. The van der Waals surface area contributed by atoms with Crippen molar-refractivity contribution in [3.05, 3.63) is 35.5 Å². The molecule has 3 N–H and O–H groups in total. The summed E-state index contributed by atoms with van der Waals surface area (Å²) in [6, 6.07) is 8.19. The van der Waals surface area contributed by atoms with Gasteiger partial charge in [0.2, 0.25) is 5.52 Å². The molecular formula is C13H16ClN3+2. The van der Waals surface area contributed by atoms with Crippen LogP contribution in [0.1, 0.15) is 0 Å². The van der Waals surface area contributed by atoms with Crippen LogP contribution in [0.5, 0.6) is 0 Å². The zero-order valence-electron chi connectivity index (χ0n) is 9.62. The van der Waals surface area contributed by atoms with Gasteiger partial charge in [-0.25, -0.2) is 4.98 Å². The van der Waals surface area contributed by atoms with Crippen molar-refractivity contribution < 1.29 is 10.3 Å². The van der Waals surface area contributed by atoms with Gasteiger partial charge >= 0.3 is 0 Å². The lowest BCUT2D eigenvalue weighted by Crippen LogP contribution is -2.89. The first-order chi connectivity index (χ1) is 8.34. The van der Waals surface area contributed by atoms with Crippen molar-refractivity contribution in [2.24, 2.45) is 0 Å². The molecule has 0 saturated carbocycles. The lowest BCUT2D eigenvalue weighted by Gasteiger charge is -2.27. The van der Waals surface area contributed by atoms with Crippen LogP contribution in [0.15, 0.2) is 30.5 Å². The minimum Gasteiger partial charge on any atom is -0.359 e. The highest BCUT2D eigenvalue weighted by molar-refractivity contribution is 6.31. The van der Waals surface area contributed by atoms with E-state index in [1.807, 2.05) is 18.3 Å². The van der Waals surface area contributed by atoms with Crippen LogP contribution in [-0.2, 0) is 0 Å². The second kappa shape index (κ2) is 4.51. The van der Waals surface area contributed by atoms with Crippen LogP contribution in [0.4, 0.5) is 5.69 Å². The third kappa shape index (κ3) is 2.08. The molecule has 1 aromatic carbocycles. The lowest BCUT2D eigenvalue weighted by molar-refractivity contribution is -0.655. The highest BCUT2D eigenvalue weighted by Crippen LogP contribution is 2.25. The average molecular weight is 250 g/mol. The first-order valence-electron chi connectivity index (χ1n) is 6.01. The first-order valence-corrected chi connectivity index (χ1v) is 6.39. The Kier molecular flexibility index (Phi) is 2.87. The number of piperazine rings is 1. The van der Waals surface area contributed by atoms with Gasteiger partial charge in [-0.2, -0.15) is 0 Å². The van der Waals surface area contributed by atoms with E-state index in [1.54, 1.807) is 0 Å². The van der Waals surface area contributed by atoms with Crippen molar-refractivity contribution in [1.29, 1.82) is 0 Å². The van der Waals surface area contributed by atoms with E-state index in [1.165, 1.54) is 24.2 Å². The van der Waals surface area contributed by atoms with E-state index in [0.29, 0.717) is 0 Å². The Bertz CT molecular complexity index is 535. The number of H-pyrrole nitrogens is 1. The fourth-order valence-electron chi connectivity index (χ4n) is 2.43. The Morgan fingerprint density at radius 1 is 1.18 bits per heavy atom. The summed E-state index contributed by atoms with van der Waals surface area (Å²) in [4.78, 5) is 5.70. The third-order valence-corrected chi connectivity index (χ3v) is 3.52. The fraction of sp³-hybridized carbons (Fsp3) is 0.308. The number of quaternary nitrogens is 1. The number of nitrogens with zero attached hydrogens (tertiary/aromatic N) is 1. The minimum atomic E-state index is 0.776. The van der Waals surface area contributed by atoms with Gasteiger partial charge in [-0.1, -0.05) is 11.6 Å². The summed E-state index contributed by atoms with van der Waals surface area (Å²) < 4.78 is 0. The van der Waals surface area contributed by atoms with Crippen molar-refractivity contribution in [2.75, 3.05) is 31.1 Å². The SMILES string of the molecule is Clc1ccc2c(N3CC[NH2+]CC3)cc[nH+]c2c1. The van der Waals surface area contributed by atoms with E-state index in [4.69, 9.17) is 11.6 Å². The van der Waals surface area contributed by atoms with Crippen molar-refractivity contribution in [3.63, 3.8) is 0 Å². The molecule has 0 radical (unpaired) electrons. The summed E-state index contributed by atoms with van der Waals surface area (Å²) in [6.07, 6.45) is 1.99. The van der Waals surface area contributed by atoms with Crippen LogP contribution >= 0.6 is 11.6 Å². The Balaban J connectivity index is 2.09. The number of halogens is 1. The van der Waals surface area contributed by atoms with E-state index in [-0.39, 0.29) is 0 Å². The number of nitrogens with two attached hydrogens (primary N) is 1. The van der Waals surface area contributed by atoms with E-state index in [2.05, 4.69) is 27.3 Å². The zero-order chi connectivity index (χ0) is 11.7. The molecule has 0 spiro atoms. The van der Waals surface area contributed by atoms with Crippen LogP contribution < -0.4 is 15.2 Å². The topological polar surface area (TPSA) is 34.0 Å². The number of aromatic amines is 1. The largest absolute Gasteiger partial charge is 0.359 e. The van der Waals surface area contributed by atoms with Crippen LogP contribution in [-0.4, -0.2) is 26.2 Å². The van der Waals surface area contributed by atoms with Crippen molar-refractivity contribution in [1.82, 2.24) is 0 Å². The quantitative estimate of drug-likeness (QED) is 0.793. The van der Waals surface area contributed by atoms with Gasteiger partial charge in [0.05, 0.1) is 37.3 Å². The zero-order valence-corrected chi connectivity index (χ0v) is 10.4. The van der Waals surface area contributed by atoms with Crippen LogP contribution in [0.25, 0.3) is 10.9 Å². The number of anilines is 1. The van der Waals surface area contributed by atoms with Crippen LogP contribution in [0.3, 0.4) is 0 Å². The van der Waals surface area contributed by atoms with Gasteiger partial charge in [-0.3, -0.25) is 0 Å². The Labute approximate surface area is 105 Å². The smallest absolute Gasteiger partial charge is 0.214 e. The molecule has 2 aromatic rings. The van der Waals surface area contributed by atoms with Gasteiger partial charge in [0.15, 0.2) is 6.20 Å². The molecule has 1 aliphatic rings.